The lowest BCUT2D eigenvalue weighted by molar-refractivity contribution is -0.298. The monoisotopic (exact) mass is 187 g/mol. The molecule has 0 radical (unpaired) electrons. The summed E-state index contributed by atoms with van der Waals surface area (Å²) in [5, 5.41) is 13.2. The number of hydrogen-bond acceptors (Lipinski definition) is 2. The molecule has 0 bridgehead atoms. The Morgan fingerprint density at radius 2 is 1.93 bits per heavy atom. The first kappa shape index (κ1) is 9.57. The molecule has 0 fully saturated rings. The number of rotatable bonds is 1. The zero-order valence-electron chi connectivity index (χ0n) is 6.81. The van der Waals surface area contributed by atoms with Gasteiger partial charge in [-0.05, 0) is 5.76 Å². The van der Waals surface area contributed by atoms with Gasteiger partial charge in [0.05, 0.1) is 6.57 Å². The van der Waals surface area contributed by atoms with E-state index < -0.39 is 23.9 Å². The molecule has 1 rings (SSSR count). The van der Waals surface area contributed by atoms with Crippen molar-refractivity contribution in [1.29, 1.82) is 0 Å². The van der Waals surface area contributed by atoms with Crippen LogP contribution in [0, 0.1) is 19.7 Å². The maximum Gasteiger partial charge on any atom is 0.490 e. The van der Waals surface area contributed by atoms with Gasteiger partial charge in [0.1, 0.15) is 0 Å². The van der Waals surface area contributed by atoms with E-state index in [1.165, 1.54) is 0 Å². The van der Waals surface area contributed by atoms with E-state index in [9.17, 15) is 9.90 Å². The number of nitrogens with one attached hydrogen (secondary N) is 1. The third kappa shape index (κ3) is 1.24. The van der Waals surface area contributed by atoms with E-state index in [-0.39, 0.29) is 5.70 Å². The fraction of sp³-hybridized carbons (Fsp3) is 0.250. The van der Waals surface area contributed by atoms with Gasteiger partial charge in [0.15, 0.2) is 0 Å². The Morgan fingerprint density at radius 3 is 2.36 bits per heavy atom. The van der Waals surface area contributed by atoms with Crippen LogP contribution in [0.15, 0.2) is 11.5 Å². The second kappa shape index (κ2) is 3.47. The molecule has 0 aromatic carbocycles. The van der Waals surface area contributed by atoms with Crippen molar-refractivity contribution in [2.75, 3.05) is 0 Å². The minimum atomic E-state index is -1.23. The van der Waals surface area contributed by atoms with Crippen LogP contribution in [-0.4, -0.2) is 18.1 Å². The molecular weight excluding hydrogens is 184 g/mol. The molecular formula is C8H3N4O2-. The third-order valence-electron chi connectivity index (χ3n) is 1.70. The number of carbonyl (C=O) groups excluding carboxylic acids is 1. The van der Waals surface area contributed by atoms with E-state index in [1.54, 1.807) is 0 Å². The van der Waals surface area contributed by atoms with Crippen molar-refractivity contribution < 1.29 is 9.90 Å². The topological polar surface area (TPSA) is 65.2 Å². The van der Waals surface area contributed by atoms with Crippen molar-refractivity contribution in [3.8, 4) is 0 Å². The zero-order valence-corrected chi connectivity index (χ0v) is 6.81. The summed E-state index contributed by atoms with van der Waals surface area (Å²) in [6, 6.07) is -1.07. The quantitative estimate of drug-likeness (QED) is 0.543. The minimum Gasteiger partial charge on any atom is -0.877 e. The van der Waals surface area contributed by atoms with Crippen LogP contribution in [-0.2, 0) is 4.79 Å². The highest BCUT2D eigenvalue weighted by Gasteiger charge is 2.41. The largest absolute Gasteiger partial charge is 0.877 e. The van der Waals surface area contributed by atoms with E-state index in [4.69, 9.17) is 19.7 Å². The van der Waals surface area contributed by atoms with Crippen molar-refractivity contribution in [3.63, 3.8) is 0 Å². The molecule has 1 amide bonds. The number of hydrogen-bond donors (Lipinski definition) is 1. The average molecular weight is 187 g/mol. The summed E-state index contributed by atoms with van der Waals surface area (Å²) >= 11 is 0. The normalized spacial score (nSPS) is 19.9. The fourth-order valence-electron chi connectivity index (χ4n) is 1.05. The maximum absolute atomic E-state index is 11.0. The molecule has 1 aliphatic rings. The molecule has 1 unspecified atom stereocenters. The Kier molecular flexibility index (Phi) is 2.37. The molecule has 1 heterocycles. The lowest BCUT2D eigenvalue weighted by Gasteiger charge is -2.03. The van der Waals surface area contributed by atoms with Gasteiger partial charge in [-0.25, -0.2) is 27.7 Å². The molecule has 0 aromatic rings. The van der Waals surface area contributed by atoms with Crippen molar-refractivity contribution in [1.82, 2.24) is 5.32 Å². The van der Waals surface area contributed by atoms with E-state index in [0.717, 1.165) is 0 Å². The average Bonchev–Trinajstić information content (AvgIpc) is 2.45. The van der Waals surface area contributed by atoms with Crippen LogP contribution in [0.4, 0.5) is 0 Å². The van der Waals surface area contributed by atoms with Gasteiger partial charge in [-0.3, -0.25) is 4.79 Å². The summed E-state index contributed by atoms with van der Waals surface area (Å²) in [5.74, 6) is -1.86. The molecule has 0 spiro atoms. The van der Waals surface area contributed by atoms with Crippen LogP contribution in [0.2, 0.25) is 0 Å². The first-order chi connectivity index (χ1) is 6.65. The number of nitrogens with zero attached hydrogens (tertiary/aromatic N) is 3. The first-order valence-electron chi connectivity index (χ1n) is 3.48. The van der Waals surface area contributed by atoms with Gasteiger partial charge in [0, 0.05) is 0 Å². The Bertz CT molecular complexity index is 418. The highest BCUT2D eigenvalue weighted by molar-refractivity contribution is 5.95. The summed E-state index contributed by atoms with van der Waals surface area (Å²) in [4.78, 5) is 19.6. The summed E-state index contributed by atoms with van der Waals surface area (Å²) < 4.78 is 0. The van der Waals surface area contributed by atoms with Gasteiger partial charge in [-0.2, -0.15) is 0 Å². The Labute approximate surface area is 79.9 Å². The van der Waals surface area contributed by atoms with Gasteiger partial charge in [-0.15, -0.1) is 0 Å². The lowest BCUT2D eigenvalue weighted by Crippen LogP contribution is -2.36. The molecule has 1 N–H and O–H groups in total. The van der Waals surface area contributed by atoms with Gasteiger partial charge in [0.2, 0.25) is 17.6 Å². The second-order valence-electron chi connectivity index (χ2n) is 2.45. The Hall–Kier alpha value is -2.52. The summed E-state index contributed by atoms with van der Waals surface area (Å²) in [6.45, 7) is 20.0. The first-order valence-corrected chi connectivity index (χ1v) is 3.48. The molecule has 0 saturated carbocycles. The maximum atomic E-state index is 11.0. The Balaban J connectivity index is 3.10. The molecule has 1 atom stereocenters. The molecule has 0 saturated heterocycles. The minimum absolute atomic E-state index is 0.369. The number of carbonyl (C=O) groups is 1. The van der Waals surface area contributed by atoms with Crippen molar-refractivity contribution in [2.24, 2.45) is 0 Å². The van der Waals surface area contributed by atoms with Gasteiger partial charge in [0.25, 0.3) is 0 Å². The molecule has 0 aromatic heterocycles. The van der Waals surface area contributed by atoms with E-state index >= 15 is 0 Å². The van der Waals surface area contributed by atoms with E-state index in [2.05, 4.69) is 19.9 Å². The van der Waals surface area contributed by atoms with E-state index in [0.29, 0.717) is 0 Å². The van der Waals surface area contributed by atoms with Crippen LogP contribution >= 0.6 is 0 Å². The fourth-order valence-corrected chi connectivity index (χ4v) is 1.05. The molecule has 14 heavy (non-hydrogen) atoms. The zero-order chi connectivity index (χ0) is 10.7. The van der Waals surface area contributed by atoms with Gasteiger partial charge in [-0.1, -0.05) is 0 Å². The van der Waals surface area contributed by atoms with Crippen molar-refractivity contribution >= 4 is 5.91 Å². The highest BCUT2D eigenvalue weighted by atomic mass is 16.3. The molecule has 0 aliphatic carbocycles. The summed E-state index contributed by atoms with van der Waals surface area (Å²) in [6.07, 6.45) is -1.23. The third-order valence-corrected chi connectivity index (χ3v) is 1.70. The predicted octanol–water partition coefficient (Wildman–Crippen LogP) is -0.859. The van der Waals surface area contributed by atoms with Crippen LogP contribution in [0.3, 0.4) is 0 Å². The smallest absolute Gasteiger partial charge is 0.490 e. The SMILES string of the molecule is [C-]#[N+]C1=C([O-])C(=O)NC1C([N+]#[C-])[N+]#[C-]. The molecule has 6 heteroatoms. The van der Waals surface area contributed by atoms with Crippen LogP contribution < -0.4 is 10.4 Å². The molecule has 1 aliphatic heterocycles. The highest BCUT2D eigenvalue weighted by Crippen LogP contribution is 2.20. The van der Waals surface area contributed by atoms with Crippen LogP contribution in [0.5, 0.6) is 0 Å². The van der Waals surface area contributed by atoms with Gasteiger partial charge >= 0.3 is 6.17 Å². The van der Waals surface area contributed by atoms with Crippen molar-refractivity contribution in [2.45, 2.75) is 12.2 Å². The standard InChI is InChI=1S/C8H4N4O2/c1-9-4-5(7(10-2)11-3)12-8(14)6(4)13/h5,7,13H,(H,12,14)/p-1. The summed E-state index contributed by atoms with van der Waals surface area (Å²) in [5.41, 5.74) is -0.369. The summed E-state index contributed by atoms with van der Waals surface area (Å²) in [7, 11) is 0. The second-order valence-corrected chi connectivity index (χ2v) is 2.45. The predicted molar refractivity (Wildman–Crippen MR) is 42.6 cm³/mol. The molecule has 6 nitrogen and oxygen atoms in total. The van der Waals surface area contributed by atoms with Crippen molar-refractivity contribution in [3.05, 3.63) is 45.7 Å². The van der Waals surface area contributed by atoms with Crippen LogP contribution in [0.25, 0.3) is 14.5 Å². The number of amides is 1. The van der Waals surface area contributed by atoms with E-state index in [1.807, 2.05) is 0 Å². The lowest BCUT2D eigenvalue weighted by atomic mass is 10.2. The van der Waals surface area contributed by atoms with Gasteiger partial charge < -0.3 is 10.4 Å². The Morgan fingerprint density at radius 1 is 1.36 bits per heavy atom. The van der Waals surface area contributed by atoms with Crippen LogP contribution in [0.1, 0.15) is 0 Å². The molecule has 68 valence electrons.